The van der Waals surface area contributed by atoms with E-state index in [1.807, 2.05) is 49.3 Å². The lowest BCUT2D eigenvalue weighted by molar-refractivity contribution is 0.603. The monoisotopic (exact) mass is 350 g/mol. The van der Waals surface area contributed by atoms with Crippen LogP contribution in [0.3, 0.4) is 0 Å². The molecule has 2 aromatic heterocycles. The van der Waals surface area contributed by atoms with Crippen LogP contribution >= 0.6 is 0 Å². The molecule has 3 aromatic rings. The quantitative estimate of drug-likeness (QED) is 0.721. The van der Waals surface area contributed by atoms with Crippen molar-refractivity contribution in [3.05, 3.63) is 52.7 Å². The van der Waals surface area contributed by atoms with E-state index in [2.05, 4.69) is 14.9 Å². The lowest BCUT2D eigenvalue weighted by Gasteiger charge is -2.26. The fourth-order valence-corrected chi connectivity index (χ4v) is 3.53. The minimum absolute atomic E-state index is 0.00489. The molecule has 3 heterocycles. The minimum atomic E-state index is -0.0135. The number of aromatic nitrogens is 4. The summed E-state index contributed by atoms with van der Waals surface area (Å²) in [5.74, 6) is 2.31. The van der Waals surface area contributed by atoms with Crippen LogP contribution in [-0.4, -0.2) is 40.2 Å². The van der Waals surface area contributed by atoms with Gasteiger partial charge in [-0.1, -0.05) is 12.1 Å². The number of hydrogen-bond donors (Lipinski definition) is 0. The second-order valence-electron chi connectivity index (χ2n) is 6.81. The number of anilines is 2. The van der Waals surface area contributed by atoms with Gasteiger partial charge in [-0.05, 0) is 31.0 Å². The smallest absolute Gasteiger partial charge is 0.261 e. The number of benzene rings is 1. The Morgan fingerprint density at radius 3 is 2.77 bits per heavy atom. The molecule has 7 heteroatoms. The lowest BCUT2D eigenvalue weighted by atomic mass is 10.1. The molecule has 7 nitrogen and oxygen atoms in total. The van der Waals surface area contributed by atoms with Crippen molar-refractivity contribution in [2.45, 2.75) is 18.9 Å². The maximum atomic E-state index is 12.8. The molecule has 1 fully saturated rings. The van der Waals surface area contributed by atoms with Crippen LogP contribution in [0.1, 0.15) is 24.7 Å². The fourth-order valence-electron chi connectivity index (χ4n) is 3.53. The standard InChI is InChI=1S/C19H22N6O/c1-23(2)16-10-11-20-19(22-16)25-12-6-9-15(25)17-21-14-8-5-4-7-13(14)18(26)24(17)3/h4-5,7-8,10-11,15H,6,9,12H2,1-3H3. The Morgan fingerprint density at radius 1 is 1.15 bits per heavy atom. The third-order valence-corrected chi connectivity index (χ3v) is 4.91. The summed E-state index contributed by atoms with van der Waals surface area (Å²) in [6, 6.07) is 9.38. The van der Waals surface area contributed by atoms with E-state index >= 15 is 0 Å². The lowest BCUT2D eigenvalue weighted by Crippen LogP contribution is -2.32. The summed E-state index contributed by atoms with van der Waals surface area (Å²) in [7, 11) is 5.72. The summed E-state index contributed by atoms with van der Waals surface area (Å²) in [4.78, 5) is 30.8. The average Bonchev–Trinajstić information content (AvgIpc) is 3.14. The van der Waals surface area contributed by atoms with Crippen molar-refractivity contribution < 1.29 is 0 Å². The van der Waals surface area contributed by atoms with Crippen LogP contribution in [0.2, 0.25) is 0 Å². The molecule has 0 spiro atoms. The van der Waals surface area contributed by atoms with Crippen molar-refractivity contribution in [1.29, 1.82) is 0 Å². The highest BCUT2D eigenvalue weighted by atomic mass is 16.1. The molecule has 1 saturated heterocycles. The molecule has 0 amide bonds. The summed E-state index contributed by atoms with van der Waals surface area (Å²) in [5, 5.41) is 0.647. The van der Waals surface area contributed by atoms with E-state index in [4.69, 9.17) is 4.98 Å². The van der Waals surface area contributed by atoms with Gasteiger partial charge in [-0.2, -0.15) is 4.98 Å². The van der Waals surface area contributed by atoms with E-state index in [9.17, 15) is 4.79 Å². The molecule has 1 unspecified atom stereocenters. The van der Waals surface area contributed by atoms with Gasteiger partial charge in [0.15, 0.2) is 0 Å². The molecule has 1 aliphatic heterocycles. The Morgan fingerprint density at radius 2 is 1.96 bits per heavy atom. The first kappa shape index (κ1) is 16.5. The molecule has 1 atom stereocenters. The molecule has 26 heavy (non-hydrogen) atoms. The van der Waals surface area contributed by atoms with Crippen LogP contribution in [0, 0.1) is 0 Å². The second kappa shape index (κ2) is 6.40. The largest absolute Gasteiger partial charge is 0.363 e. The van der Waals surface area contributed by atoms with Crippen molar-refractivity contribution >= 4 is 22.7 Å². The van der Waals surface area contributed by atoms with E-state index in [0.29, 0.717) is 11.3 Å². The van der Waals surface area contributed by atoms with Crippen LogP contribution in [0.25, 0.3) is 10.9 Å². The molecule has 1 aliphatic rings. The van der Waals surface area contributed by atoms with E-state index in [-0.39, 0.29) is 11.6 Å². The van der Waals surface area contributed by atoms with Crippen molar-refractivity contribution in [1.82, 2.24) is 19.5 Å². The van der Waals surface area contributed by atoms with E-state index in [1.165, 1.54) is 0 Å². The SMILES string of the molecule is CN(C)c1ccnc(N2CCCC2c2nc3ccccc3c(=O)n2C)n1. The Hall–Kier alpha value is -2.96. The molecule has 134 valence electrons. The molecule has 4 rings (SSSR count). The van der Waals surface area contributed by atoms with Crippen LogP contribution in [-0.2, 0) is 7.05 Å². The molecule has 0 saturated carbocycles. The van der Waals surface area contributed by atoms with Gasteiger partial charge in [-0.3, -0.25) is 9.36 Å². The zero-order chi connectivity index (χ0) is 18.3. The Kier molecular flexibility index (Phi) is 4.06. The van der Waals surface area contributed by atoms with Crippen LogP contribution in [0.4, 0.5) is 11.8 Å². The second-order valence-corrected chi connectivity index (χ2v) is 6.81. The van der Waals surface area contributed by atoms with Gasteiger partial charge >= 0.3 is 0 Å². The molecular formula is C19H22N6O. The first-order valence-corrected chi connectivity index (χ1v) is 8.79. The maximum absolute atomic E-state index is 12.8. The first-order chi connectivity index (χ1) is 12.6. The van der Waals surface area contributed by atoms with Crippen molar-refractivity contribution in [2.24, 2.45) is 7.05 Å². The van der Waals surface area contributed by atoms with Gasteiger partial charge in [0.1, 0.15) is 11.6 Å². The predicted octanol–water partition coefficient (Wildman–Crippen LogP) is 2.13. The van der Waals surface area contributed by atoms with Crippen LogP contribution < -0.4 is 15.4 Å². The highest BCUT2D eigenvalue weighted by Crippen LogP contribution is 2.33. The molecule has 0 bridgehead atoms. The molecular weight excluding hydrogens is 328 g/mol. The van der Waals surface area contributed by atoms with Gasteiger partial charge in [0.25, 0.3) is 5.56 Å². The van der Waals surface area contributed by atoms with Crippen LogP contribution in [0.5, 0.6) is 0 Å². The molecule has 1 aromatic carbocycles. The van der Waals surface area contributed by atoms with E-state index < -0.39 is 0 Å². The minimum Gasteiger partial charge on any atom is -0.363 e. The number of para-hydroxylation sites is 1. The van der Waals surface area contributed by atoms with Gasteiger partial charge in [0.2, 0.25) is 5.95 Å². The van der Waals surface area contributed by atoms with E-state index in [1.54, 1.807) is 17.8 Å². The summed E-state index contributed by atoms with van der Waals surface area (Å²) < 4.78 is 1.67. The van der Waals surface area contributed by atoms with Gasteiger partial charge in [-0.25, -0.2) is 9.97 Å². The number of hydrogen-bond acceptors (Lipinski definition) is 6. The van der Waals surface area contributed by atoms with Gasteiger partial charge in [0.05, 0.1) is 16.9 Å². The number of fused-ring (bicyclic) bond motifs is 1. The topological polar surface area (TPSA) is 67.2 Å². The average molecular weight is 350 g/mol. The van der Waals surface area contributed by atoms with Crippen molar-refractivity contribution in [3.63, 3.8) is 0 Å². The summed E-state index contributed by atoms with van der Waals surface area (Å²) in [6.07, 6.45) is 3.72. The highest BCUT2D eigenvalue weighted by molar-refractivity contribution is 5.77. The third kappa shape index (κ3) is 2.69. The predicted molar refractivity (Wildman–Crippen MR) is 103 cm³/mol. The van der Waals surface area contributed by atoms with Gasteiger partial charge < -0.3 is 9.80 Å². The van der Waals surface area contributed by atoms with Crippen LogP contribution in [0.15, 0.2) is 41.3 Å². The van der Waals surface area contributed by atoms with Gasteiger partial charge in [0, 0.05) is 33.9 Å². The number of rotatable bonds is 3. The van der Waals surface area contributed by atoms with E-state index in [0.717, 1.165) is 36.5 Å². The zero-order valence-electron chi connectivity index (χ0n) is 15.3. The number of nitrogens with zero attached hydrogens (tertiary/aromatic N) is 6. The van der Waals surface area contributed by atoms with Crippen molar-refractivity contribution in [2.75, 3.05) is 30.4 Å². The fraction of sp³-hybridized carbons (Fsp3) is 0.368. The highest BCUT2D eigenvalue weighted by Gasteiger charge is 2.31. The Labute approximate surface area is 151 Å². The Bertz CT molecular complexity index is 1010. The third-order valence-electron chi connectivity index (χ3n) is 4.91. The summed E-state index contributed by atoms with van der Waals surface area (Å²) in [6.45, 7) is 0.851. The molecule has 0 aliphatic carbocycles. The molecule has 0 N–H and O–H groups in total. The zero-order valence-corrected chi connectivity index (χ0v) is 15.3. The summed E-state index contributed by atoms with van der Waals surface area (Å²) in [5.41, 5.74) is 0.723. The maximum Gasteiger partial charge on any atom is 0.261 e. The summed E-state index contributed by atoms with van der Waals surface area (Å²) >= 11 is 0. The van der Waals surface area contributed by atoms with Gasteiger partial charge in [-0.15, -0.1) is 0 Å². The normalized spacial score (nSPS) is 17.0. The Balaban J connectivity index is 1.80. The first-order valence-electron chi connectivity index (χ1n) is 8.79. The van der Waals surface area contributed by atoms with Crippen molar-refractivity contribution in [3.8, 4) is 0 Å². The molecule has 0 radical (unpaired) electrons.